The largest absolute Gasteiger partial charge is 0.449 e. The number of hydrogen-bond donors (Lipinski definition) is 2. The summed E-state index contributed by atoms with van der Waals surface area (Å²) in [5, 5.41) is 5.68. The summed E-state index contributed by atoms with van der Waals surface area (Å²) in [6.45, 7) is 12.5. The van der Waals surface area contributed by atoms with Gasteiger partial charge in [-0.3, -0.25) is 4.79 Å². The van der Waals surface area contributed by atoms with Crippen LogP contribution in [-0.2, 0) is 14.3 Å². The van der Waals surface area contributed by atoms with E-state index in [1.54, 1.807) is 0 Å². The average Bonchev–Trinajstić information content (AvgIpc) is 2.90. The van der Waals surface area contributed by atoms with Gasteiger partial charge in [0, 0.05) is 32.5 Å². The minimum atomic E-state index is -0.373. The monoisotopic (exact) mass is 552 g/mol. The molecular formula is C33H64N2O4. The molecule has 0 fully saturated rings. The van der Waals surface area contributed by atoms with Crippen LogP contribution >= 0.6 is 0 Å². The van der Waals surface area contributed by atoms with Crippen molar-refractivity contribution in [2.45, 2.75) is 162 Å². The van der Waals surface area contributed by atoms with Crippen LogP contribution in [-0.4, -0.2) is 44.4 Å². The highest BCUT2D eigenvalue weighted by Gasteiger charge is 2.06. The first-order valence-corrected chi connectivity index (χ1v) is 16.4. The summed E-state index contributed by atoms with van der Waals surface area (Å²) in [6, 6.07) is 0. The van der Waals surface area contributed by atoms with E-state index in [0.717, 1.165) is 44.3 Å². The van der Waals surface area contributed by atoms with Gasteiger partial charge in [0.2, 0.25) is 5.91 Å². The lowest BCUT2D eigenvalue weighted by atomic mass is 10.0. The molecule has 0 heterocycles. The summed E-state index contributed by atoms with van der Waals surface area (Å²) >= 11 is 0. The molecule has 6 heteroatoms. The van der Waals surface area contributed by atoms with Crippen LogP contribution in [0, 0.1) is 0 Å². The predicted octanol–water partition coefficient (Wildman–Crippen LogP) is 9.02. The van der Waals surface area contributed by atoms with Gasteiger partial charge in [-0.2, -0.15) is 0 Å². The number of hydrogen-bond acceptors (Lipinski definition) is 4. The number of carbonyl (C=O) groups is 2. The van der Waals surface area contributed by atoms with Crippen LogP contribution in [0.15, 0.2) is 12.2 Å². The first-order valence-electron chi connectivity index (χ1n) is 16.4. The van der Waals surface area contributed by atoms with Crippen molar-refractivity contribution in [2.75, 3.05) is 26.3 Å². The van der Waals surface area contributed by atoms with Gasteiger partial charge in [0.05, 0.1) is 12.7 Å². The normalized spacial score (nSPS) is 11.8. The van der Waals surface area contributed by atoms with Gasteiger partial charge >= 0.3 is 6.09 Å². The molecule has 0 rings (SSSR count). The third kappa shape index (κ3) is 30.8. The van der Waals surface area contributed by atoms with E-state index in [0.29, 0.717) is 32.5 Å². The van der Waals surface area contributed by atoms with Crippen molar-refractivity contribution < 1.29 is 19.1 Å². The molecule has 39 heavy (non-hydrogen) atoms. The summed E-state index contributed by atoms with van der Waals surface area (Å²) in [5.41, 5.74) is 1.07. The Labute approximate surface area is 241 Å². The van der Waals surface area contributed by atoms with E-state index in [-0.39, 0.29) is 18.1 Å². The molecule has 0 radical (unpaired) electrons. The minimum Gasteiger partial charge on any atom is -0.449 e. The molecule has 2 N–H and O–H groups in total. The van der Waals surface area contributed by atoms with Crippen LogP contribution < -0.4 is 10.6 Å². The molecule has 0 aliphatic rings. The minimum absolute atomic E-state index is 0.0829. The SMILES string of the molecule is C=C(C)CCNC(=O)CCCCCNC(=O)OCCC(C)OCCCCCCCCCCCCCCCCC. The van der Waals surface area contributed by atoms with Gasteiger partial charge < -0.3 is 20.1 Å². The molecular weight excluding hydrogens is 488 g/mol. The van der Waals surface area contributed by atoms with E-state index >= 15 is 0 Å². The molecule has 1 atom stereocenters. The van der Waals surface area contributed by atoms with E-state index in [4.69, 9.17) is 9.47 Å². The van der Waals surface area contributed by atoms with Gasteiger partial charge in [0.1, 0.15) is 0 Å². The van der Waals surface area contributed by atoms with E-state index in [2.05, 4.69) is 24.1 Å². The fourth-order valence-electron chi connectivity index (χ4n) is 4.49. The van der Waals surface area contributed by atoms with E-state index < -0.39 is 0 Å². The Balaban J connectivity index is 3.34. The lowest BCUT2D eigenvalue weighted by Crippen LogP contribution is -2.27. The zero-order chi connectivity index (χ0) is 28.8. The molecule has 2 amide bonds. The van der Waals surface area contributed by atoms with Crippen molar-refractivity contribution >= 4 is 12.0 Å². The van der Waals surface area contributed by atoms with Crippen LogP contribution in [0.4, 0.5) is 4.79 Å². The molecule has 0 aromatic rings. The van der Waals surface area contributed by atoms with E-state index in [9.17, 15) is 9.59 Å². The quantitative estimate of drug-likeness (QED) is 0.0717. The van der Waals surface area contributed by atoms with Gasteiger partial charge in [-0.1, -0.05) is 109 Å². The van der Waals surface area contributed by atoms with Crippen molar-refractivity contribution in [1.82, 2.24) is 10.6 Å². The first kappa shape index (κ1) is 37.4. The Morgan fingerprint density at radius 2 is 1.21 bits per heavy atom. The zero-order valence-electron chi connectivity index (χ0n) is 26.1. The molecule has 0 aliphatic heterocycles. The predicted molar refractivity (Wildman–Crippen MR) is 165 cm³/mol. The van der Waals surface area contributed by atoms with Crippen LogP contribution in [0.5, 0.6) is 0 Å². The van der Waals surface area contributed by atoms with Gasteiger partial charge in [-0.25, -0.2) is 4.79 Å². The van der Waals surface area contributed by atoms with Crippen molar-refractivity contribution in [3.05, 3.63) is 12.2 Å². The second-order valence-electron chi connectivity index (χ2n) is 11.4. The maximum Gasteiger partial charge on any atom is 0.407 e. The molecule has 0 saturated heterocycles. The van der Waals surface area contributed by atoms with Crippen LogP contribution in [0.25, 0.3) is 0 Å². The molecule has 230 valence electrons. The highest BCUT2D eigenvalue weighted by atomic mass is 16.5. The first-order chi connectivity index (χ1) is 19.0. The lowest BCUT2D eigenvalue weighted by molar-refractivity contribution is -0.121. The number of nitrogens with one attached hydrogen (secondary N) is 2. The maximum absolute atomic E-state index is 11.8. The van der Waals surface area contributed by atoms with Crippen molar-refractivity contribution in [1.29, 1.82) is 0 Å². The van der Waals surface area contributed by atoms with Crippen LogP contribution in [0.3, 0.4) is 0 Å². The number of ether oxygens (including phenoxy) is 2. The number of carbonyl (C=O) groups excluding carboxylic acids is 2. The summed E-state index contributed by atoms with van der Waals surface area (Å²) in [5.74, 6) is 0.0829. The second kappa shape index (κ2) is 29.4. The summed E-state index contributed by atoms with van der Waals surface area (Å²) < 4.78 is 11.1. The molecule has 0 bridgehead atoms. The third-order valence-electron chi connectivity index (χ3n) is 7.13. The Bertz CT molecular complexity index is 582. The summed E-state index contributed by atoms with van der Waals surface area (Å²) in [6.07, 6.45) is 24.9. The topological polar surface area (TPSA) is 76.7 Å². The molecule has 1 unspecified atom stereocenters. The maximum atomic E-state index is 11.8. The van der Waals surface area contributed by atoms with Crippen LogP contribution in [0.1, 0.15) is 156 Å². The zero-order valence-corrected chi connectivity index (χ0v) is 26.1. The second-order valence-corrected chi connectivity index (χ2v) is 11.4. The van der Waals surface area contributed by atoms with E-state index in [1.165, 1.54) is 89.9 Å². The molecule has 0 aromatic heterocycles. The molecule has 0 aliphatic carbocycles. The number of unbranched alkanes of at least 4 members (excludes halogenated alkanes) is 16. The summed E-state index contributed by atoms with van der Waals surface area (Å²) in [4.78, 5) is 23.5. The van der Waals surface area contributed by atoms with Crippen molar-refractivity contribution in [2.24, 2.45) is 0 Å². The van der Waals surface area contributed by atoms with Crippen LogP contribution in [0.2, 0.25) is 0 Å². The Hall–Kier alpha value is -1.56. The van der Waals surface area contributed by atoms with Gasteiger partial charge in [0.25, 0.3) is 0 Å². The smallest absolute Gasteiger partial charge is 0.407 e. The highest BCUT2D eigenvalue weighted by molar-refractivity contribution is 5.75. The molecule has 0 aromatic carbocycles. The third-order valence-corrected chi connectivity index (χ3v) is 7.13. The average molecular weight is 553 g/mol. The van der Waals surface area contributed by atoms with Crippen molar-refractivity contribution in [3.8, 4) is 0 Å². The Kier molecular flexibility index (Phi) is 28.2. The van der Waals surface area contributed by atoms with Gasteiger partial charge in [-0.05, 0) is 39.5 Å². The number of alkyl carbamates (subject to hydrolysis) is 1. The Morgan fingerprint density at radius 1 is 0.667 bits per heavy atom. The van der Waals surface area contributed by atoms with Gasteiger partial charge in [0.15, 0.2) is 0 Å². The fraction of sp³-hybridized carbons (Fsp3) is 0.879. The number of amides is 2. The molecule has 6 nitrogen and oxygen atoms in total. The standard InChI is InChI=1S/C33H64N2O4/c1-5-6-7-8-9-10-11-12-13-14-15-16-17-18-22-28-38-31(4)25-29-39-33(37)35-26-21-19-20-23-32(36)34-27-24-30(2)3/h31H,2,5-29H2,1,3-4H3,(H,34,36)(H,35,37). The van der Waals surface area contributed by atoms with E-state index in [1.807, 2.05) is 13.8 Å². The molecule has 0 saturated carbocycles. The highest BCUT2D eigenvalue weighted by Crippen LogP contribution is 2.13. The fourth-order valence-corrected chi connectivity index (χ4v) is 4.49. The lowest BCUT2D eigenvalue weighted by Gasteiger charge is -2.13. The number of rotatable bonds is 29. The molecule has 0 spiro atoms. The van der Waals surface area contributed by atoms with Gasteiger partial charge in [-0.15, -0.1) is 6.58 Å². The Morgan fingerprint density at radius 3 is 1.77 bits per heavy atom. The van der Waals surface area contributed by atoms with Crippen molar-refractivity contribution in [3.63, 3.8) is 0 Å². The summed E-state index contributed by atoms with van der Waals surface area (Å²) in [7, 11) is 0.